The maximum Gasteiger partial charge on any atom is 0.270 e. The van der Waals surface area contributed by atoms with E-state index in [4.69, 9.17) is 39.5 Å². The highest BCUT2D eigenvalue weighted by Gasteiger charge is 2.13. The van der Waals surface area contributed by atoms with Gasteiger partial charge in [0.1, 0.15) is 5.69 Å². The summed E-state index contributed by atoms with van der Waals surface area (Å²) in [4.78, 5) is 18.9. The van der Waals surface area contributed by atoms with Crippen molar-refractivity contribution in [3.05, 3.63) is 38.3 Å². The molecular formula is C17H19Cl3N4O2S. The molecule has 1 aliphatic rings. The maximum atomic E-state index is 12.2. The number of amides is 1. The molecule has 10 heteroatoms. The number of nitrogens with one attached hydrogen (secondary N) is 2. The van der Waals surface area contributed by atoms with Crippen LogP contribution in [0, 0.1) is 0 Å². The summed E-state index contributed by atoms with van der Waals surface area (Å²) in [5, 5.41) is 9.26. The zero-order valence-corrected chi connectivity index (χ0v) is 17.5. The molecule has 0 saturated carbocycles. The molecule has 0 atom stereocenters. The average molecular weight is 450 g/mol. The van der Waals surface area contributed by atoms with Gasteiger partial charge >= 0.3 is 0 Å². The van der Waals surface area contributed by atoms with Crippen LogP contribution in [0.1, 0.15) is 16.9 Å². The molecule has 27 heavy (non-hydrogen) atoms. The minimum absolute atomic E-state index is 0.187. The topological polar surface area (TPSA) is 66.5 Å². The lowest BCUT2D eigenvalue weighted by molar-refractivity contribution is 0.0374. The molecule has 3 rings (SSSR count). The lowest BCUT2D eigenvalue weighted by Gasteiger charge is -2.26. The Morgan fingerprint density at radius 1 is 1.22 bits per heavy atom. The quantitative estimate of drug-likeness (QED) is 0.487. The molecule has 2 heterocycles. The molecule has 0 spiro atoms. The van der Waals surface area contributed by atoms with Crippen LogP contribution in [0.15, 0.2) is 17.5 Å². The molecule has 1 aliphatic heterocycles. The van der Waals surface area contributed by atoms with Gasteiger partial charge < -0.3 is 15.4 Å². The van der Waals surface area contributed by atoms with Crippen molar-refractivity contribution >= 4 is 62.9 Å². The number of aromatic nitrogens is 1. The summed E-state index contributed by atoms with van der Waals surface area (Å²) >= 11 is 19.3. The Kier molecular flexibility index (Phi) is 7.57. The molecule has 0 aliphatic carbocycles. The Bertz CT molecular complexity index is 773. The Morgan fingerprint density at radius 3 is 2.63 bits per heavy atom. The molecule has 1 aromatic heterocycles. The molecule has 146 valence electrons. The fraction of sp³-hybridized carbons (Fsp3) is 0.412. The number of morpholine rings is 1. The largest absolute Gasteiger partial charge is 0.379 e. The molecule has 2 N–H and O–H groups in total. The van der Waals surface area contributed by atoms with Crippen LogP contribution in [0.4, 0.5) is 10.8 Å². The van der Waals surface area contributed by atoms with Crippen LogP contribution >= 0.6 is 46.1 Å². The Balaban J connectivity index is 1.47. The zero-order valence-electron chi connectivity index (χ0n) is 14.4. The van der Waals surface area contributed by atoms with E-state index in [1.807, 2.05) is 0 Å². The smallest absolute Gasteiger partial charge is 0.270 e. The van der Waals surface area contributed by atoms with Crippen molar-refractivity contribution in [1.29, 1.82) is 0 Å². The van der Waals surface area contributed by atoms with Gasteiger partial charge in [0.2, 0.25) is 0 Å². The SMILES string of the molecule is O=C(NCCCN1CCOCC1)c1csc(Nc2cc(Cl)c(Cl)c(Cl)c2)n1. The lowest BCUT2D eigenvalue weighted by Crippen LogP contribution is -2.38. The summed E-state index contributed by atoms with van der Waals surface area (Å²) in [6.45, 7) is 5.03. The number of hydrogen-bond donors (Lipinski definition) is 2. The van der Waals surface area contributed by atoms with Gasteiger partial charge in [-0.05, 0) is 25.1 Å². The second-order valence-electron chi connectivity index (χ2n) is 5.98. The van der Waals surface area contributed by atoms with Gasteiger partial charge in [-0.15, -0.1) is 11.3 Å². The number of benzene rings is 1. The van der Waals surface area contributed by atoms with Crippen LogP contribution < -0.4 is 10.6 Å². The third kappa shape index (κ3) is 5.94. The molecule has 1 aromatic carbocycles. The molecule has 6 nitrogen and oxygen atoms in total. The summed E-state index contributed by atoms with van der Waals surface area (Å²) in [6.07, 6.45) is 0.892. The predicted molar refractivity (Wildman–Crippen MR) is 111 cm³/mol. The van der Waals surface area contributed by atoms with Gasteiger partial charge in [0.05, 0.1) is 28.3 Å². The number of nitrogens with zero attached hydrogens (tertiary/aromatic N) is 2. The number of ether oxygens (including phenoxy) is 1. The highest BCUT2D eigenvalue weighted by atomic mass is 35.5. The number of carbonyl (C=O) groups excluding carboxylic acids is 1. The van der Waals surface area contributed by atoms with E-state index < -0.39 is 0 Å². The summed E-state index contributed by atoms with van der Waals surface area (Å²) in [7, 11) is 0. The van der Waals surface area contributed by atoms with Crippen LogP contribution in [0.2, 0.25) is 15.1 Å². The van der Waals surface area contributed by atoms with Gasteiger partial charge in [-0.3, -0.25) is 9.69 Å². The first kappa shape index (κ1) is 20.6. The first-order valence-electron chi connectivity index (χ1n) is 8.48. The van der Waals surface area contributed by atoms with Crippen molar-refractivity contribution in [1.82, 2.24) is 15.2 Å². The van der Waals surface area contributed by atoms with Crippen molar-refractivity contribution in [2.24, 2.45) is 0 Å². The molecule has 0 radical (unpaired) electrons. The van der Waals surface area contributed by atoms with E-state index in [1.54, 1.807) is 17.5 Å². The normalized spacial score (nSPS) is 14.9. The third-order valence-electron chi connectivity index (χ3n) is 4.01. The highest BCUT2D eigenvalue weighted by molar-refractivity contribution is 7.14. The molecule has 1 saturated heterocycles. The van der Waals surface area contributed by atoms with Crippen LogP contribution in [-0.2, 0) is 4.74 Å². The maximum absolute atomic E-state index is 12.2. The second kappa shape index (κ2) is 9.91. The second-order valence-corrected chi connectivity index (χ2v) is 8.03. The van der Waals surface area contributed by atoms with Crippen molar-refractivity contribution in [3.8, 4) is 0 Å². The van der Waals surface area contributed by atoms with E-state index in [2.05, 4.69) is 20.5 Å². The summed E-state index contributed by atoms with van der Waals surface area (Å²) in [6, 6.07) is 3.31. The number of rotatable bonds is 7. The molecule has 1 amide bonds. The van der Waals surface area contributed by atoms with Gasteiger partial charge in [-0.2, -0.15) is 0 Å². The number of anilines is 2. The van der Waals surface area contributed by atoms with Crippen molar-refractivity contribution in [3.63, 3.8) is 0 Å². The average Bonchev–Trinajstić information content (AvgIpc) is 3.12. The van der Waals surface area contributed by atoms with Gasteiger partial charge in [-0.25, -0.2) is 4.98 Å². The van der Waals surface area contributed by atoms with E-state index in [9.17, 15) is 4.79 Å². The van der Waals surface area contributed by atoms with Crippen LogP contribution in [0.3, 0.4) is 0 Å². The molecule has 0 bridgehead atoms. The Labute approximate surface area is 176 Å². The molecule has 1 fully saturated rings. The van der Waals surface area contributed by atoms with Crippen molar-refractivity contribution in [2.45, 2.75) is 6.42 Å². The van der Waals surface area contributed by atoms with Crippen molar-refractivity contribution in [2.75, 3.05) is 44.7 Å². The predicted octanol–water partition coefficient (Wildman–Crippen LogP) is 4.30. The first-order chi connectivity index (χ1) is 13.0. The Hall–Kier alpha value is -1.09. The fourth-order valence-electron chi connectivity index (χ4n) is 2.61. The van der Waals surface area contributed by atoms with E-state index in [0.717, 1.165) is 39.3 Å². The van der Waals surface area contributed by atoms with Gasteiger partial charge in [0, 0.05) is 30.7 Å². The van der Waals surface area contributed by atoms with Gasteiger partial charge in [-0.1, -0.05) is 34.8 Å². The minimum Gasteiger partial charge on any atom is -0.379 e. The van der Waals surface area contributed by atoms with Crippen molar-refractivity contribution < 1.29 is 9.53 Å². The van der Waals surface area contributed by atoms with Gasteiger partial charge in [0.25, 0.3) is 5.91 Å². The van der Waals surface area contributed by atoms with E-state index in [1.165, 1.54) is 11.3 Å². The van der Waals surface area contributed by atoms with Crippen LogP contribution in [0.5, 0.6) is 0 Å². The monoisotopic (exact) mass is 448 g/mol. The summed E-state index contributed by atoms with van der Waals surface area (Å²) in [5.41, 5.74) is 1.03. The lowest BCUT2D eigenvalue weighted by atomic mass is 10.3. The number of halogens is 3. The number of hydrogen-bond acceptors (Lipinski definition) is 6. The van der Waals surface area contributed by atoms with Crippen LogP contribution in [-0.4, -0.2) is 55.2 Å². The number of carbonyl (C=O) groups is 1. The summed E-state index contributed by atoms with van der Waals surface area (Å²) in [5.74, 6) is -0.187. The molecular weight excluding hydrogens is 431 g/mol. The summed E-state index contributed by atoms with van der Waals surface area (Å²) < 4.78 is 5.32. The van der Waals surface area contributed by atoms with Crippen LogP contribution in [0.25, 0.3) is 0 Å². The minimum atomic E-state index is -0.187. The fourth-order valence-corrected chi connectivity index (χ4v) is 3.91. The third-order valence-corrected chi connectivity index (χ3v) is 5.97. The molecule has 0 unspecified atom stereocenters. The van der Waals surface area contributed by atoms with E-state index in [0.29, 0.717) is 38.1 Å². The standard InChI is InChI=1S/C17H19Cl3N4O2S/c18-12-8-11(9-13(19)15(12)20)22-17-23-14(10-27-17)16(25)21-2-1-3-24-4-6-26-7-5-24/h8-10H,1-7H2,(H,21,25)(H,22,23). The molecule has 2 aromatic rings. The zero-order chi connectivity index (χ0) is 19.2. The number of thiazole rings is 1. The Morgan fingerprint density at radius 2 is 1.93 bits per heavy atom. The van der Waals surface area contributed by atoms with Gasteiger partial charge in [0.15, 0.2) is 5.13 Å². The highest BCUT2D eigenvalue weighted by Crippen LogP contribution is 2.34. The van der Waals surface area contributed by atoms with E-state index >= 15 is 0 Å². The van der Waals surface area contributed by atoms with E-state index in [-0.39, 0.29) is 5.91 Å². The first-order valence-corrected chi connectivity index (χ1v) is 10.5.